The van der Waals surface area contributed by atoms with Crippen molar-refractivity contribution in [2.75, 3.05) is 31.1 Å². The van der Waals surface area contributed by atoms with Crippen molar-refractivity contribution in [1.29, 1.82) is 0 Å². The molecule has 0 N–H and O–H groups in total. The van der Waals surface area contributed by atoms with Gasteiger partial charge >= 0.3 is 0 Å². The minimum Gasteiger partial charge on any atom is -0.354 e. The molecule has 3 heterocycles. The van der Waals surface area contributed by atoms with Gasteiger partial charge in [-0.3, -0.25) is 4.90 Å². The van der Waals surface area contributed by atoms with Crippen LogP contribution in [0.5, 0.6) is 0 Å². The summed E-state index contributed by atoms with van der Waals surface area (Å²) in [6.07, 6.45) is 4.06. The molecule has 0 aliphatic carbocycles. The summed E-state index contributed by atoms with van der Waals surface area (Å²) >= 11 is 3.55. The molecule has 1 unspecified atom stereocenters. The number of hydrogen-bond donors (Lipinski definition) is 0. The van der Waals surface area contributed by atoms with Crippen LogP contribution in [0.25, 0.3) is 0 Å². The lowest BCUT2D eigenvalue weighted by Gasteiger charge is -2.44. The fourth-order valence-electron chi connectivity index (χ4n) is 3.27. The van der Waals surface area contributed by atoms with Gasteiger partial charge < -0.3 is 4.90 Å². The van der Waals surface area contributed by atoms with E-state index in [1.807, 2.05) is 0 Å². The first kappa shape index (κ1) is 15.2. The van der Waals surface area contributed by atoms with Gasteiger partial charge in [0.05, 0.1) is 0 Å². The minimum absolute atomic E-state index is 0.0226. The Morgan fingerprint density at radius 3 is 2.71 bits per heavy atom. The van der Waals surface area contributed by atoms with E-state index in [0.717, 1.165) is 35.9 Å². The molecule has 0 saturated carbocycles. The fourth-order valence-corrected chi connectivity index (χ4v) is 3.64. The van der Waals surface area contributed by atoms with Gasteiger partial charge in [0.15, 0.2) is 0 Å². The predicted octanol–water partition coefficient (Wildman–Crippen LogP) is 3.21. The van der Waals surface area contributed by atoms with Crippen LogP contribution in [0.3, 0.4) is 0 Å². The smallest absolute Gasteiger partial charge is 0.137 e. The molecule has 0 radical (unpaired) electrons. The van der Waals surface area contributed by atoms with Gasteiger partial charge in [0.2, 0.25) is 0 Å². The molecule has 1 aromatic heterocycles. The topological polar surface area (TPSA) is 32.3 Å². The maximum atomic E-state index is 4.83. The second-order valence-electron chi connectivity index (χ2n) is 7.25. The van der Waals surface area contributed by atoms with Crippen LogP contribution in [-0.4, -0.2) is 47.1 Å². The van der Waals surface area contributed by atoms with Gasteiger partial charge in [0, 0.05) is 37.2 Å². The SMILES string of the molecule is CC(C)(C)c1nc(Br)cc(N2CCN3CCCCC3C2)n1. The van der Waals surface area contributed by atoms with Crippen LogP contribution < -0.4 is 4.90 Å². The summed E-state index contributed by atoms with van der Waals surface area (Å²) in [6.45, 7) is 11.1. The molecule has 21 heavy (non-hydrogen) atoms. The zero-order chi connectivity index (χ0) is 15.0. The van der Waals surface area contributed by atoms with E-state index in [9.17, 15) is 0 Å². The molecule has 1 atom stereocenters. The van der Waals surface area contributed by atoms with E-state index in [2.05, 4.69) is 57.6 Å². The first-order valence-electron chi connectivity index (χ1n) is 7.97. The Labute approximate surface area is 136 Å². The van der Waals surface area contributed by atoms with Crippen LogP contribution >= 0.6 is 15.9 Å². The van der Waals surface area contributed by atoms with Gasteiger partial charge in [-0.05, 0) is 35.3 Å². The summed E-state index contributed by atoms with van der Waals surface area (Å²) in [5.41, 5.74) is -0.0226. The van der Waals surface area contributed by atoms with E-state index < -0.39 is 0 Å². The van der Waals surface area contributed by atoms with E-state index >= 15 is 0 Å². The first-order valence-corrected chi connectivity index (χ1v) is 8.77. The van der Waals surface area contributed by atoms with Crippen LogP contribution in [0.1, 0.15) is 45.9 Å². The highest BCUT2D eigenvalue weighted by Crippen LogP contribution is 2.27. The molecule has 116 valence electrons. The lowest BCUT2D eigenvalue weighted by molar-refractivity contribution is 0.133. The summed E-state index contributed by atoms with van der Waals surface area (Å²) < 4.78 is 0.892. The third kappa shape index (κ3) is 3.39. The van der Waals surface area contributed by atoms with Gasteiger partial charge in [-0.2, -0.15) is 0 Å². The molecule has 1 aromatic rings. The molecule has 0 spiro atoms. The highest BCUT2D eigenvalue weighted by Gasteiger charge is 2.30. The average molecular weight is 353 g/mol. The number of rotatable bonds is 1. The van der Waals surface area contributed by atoms with E-state index in [-0.39, 0.29) is 5.41 Å². The Morgan fingerprint density at radius 1 is 1.14 bits per heavy atom. The molecule has 4 nitrogen and oxygen atoms in total. The molecule has 0 amide bonds. The van der Waals surface area contributed by atoms with Gasteiger partial charge in [-0.25, -0.2) is 9.97 Å². The summed E-state index contributed by atoms with van der Waals surface area (Å²) in [5.74, 6) is 1.99. The molecule has 0 aromatic carbocycles. The van der Waals surface area contributed by atoms with E-state index in [1.165, 1.54) is 25.8 Å². The second-order valence-corrected chi connectivity index (χ2v) is 8.07. The highest BCUT2D eigenvalue weighted by molar-refractivity contribution is 9.10. The number of halogens is 1. The number of fused-ring (bicyclic) bond motifs is 1. The lowest BCUT2D eigenvalue weighted by atomic mass is 9.96. The molecule has 3 rings (SSSR count). The third-order valence-electron chi connectivity index (χ3n) is 4.51. The van der Waals surface area contributed by atoms with Crippen molar-refractivity contribution in [3.05, 3.63) is 16.5 Å². The molecule has 2 saturated heterocycles. The highest BCUT2D eigenvalue weighted by atomic mass is 79.9. The minimum atomic E-state index is -0.0226. The molecular formula is C16H25BrN4. The zero-order valence-corrected chi connectivity index (χ0v) is 14.9. The zero-order valence-electron chi connectivity index (χ0n) is 13.3. The number of piperidine rings is 1. The molecule has 2 aliphatic rings. The molecular weight excluding hydrogens is 328 g/mol. The quantitative estimate of drug-likeness (QED) is 0.726. The van der Waals surface area contributed by atoms with Gasteiger partial charge in [0.25, 0.3) is 0 Å². The van der Waals surface area contributed by atoms with Gasteiger partial charge in [-0.15, -0.1) is 0 Å². The van der Waals surface area contributed by atoms with E-state index in [4.69, 9.17) is 4.98 Å². The monoisotopic (exact) mass is 352 g/mol. The summed E-state index contributed by atoms with van der Waals surface area (Å²) in [7, 11) is 0. The van der Waals surface area contributed by atoms with Crippen LogP contribution in [0.15, 0.2) is 10.7 Å². The van der Waals surface area contributed by atoms with Crippen molar-refractivity contribution in [2.24, 2.45) is 0 Å². The predicted molar refractivity (Wildman–Crippen MR) is 89.9 cm³/mol. The Morgan fingerprint density at radius 2 is 1.95 bits per heavy atom. The largest absolute Gasteiger partial charge is 0.354 e. The molecule has 2 aliphatic heterocycles. The van der Waals surface area contributed by atoms with Crippen molar-refractivity contribution in [3.8, 4) is 0 Å². The number of nitrogens with zero attached hydrogens (tertiary/aromatic N) is 4. The molecule has 2 fully saturated rings. The second kappa shape index (κ2) is 5.84. The van der Waals surface area contributed by atoms with Crippen LogP contribution in [0.2, 0.25) is 0 Å². The standard InChI is InChI=1S/C16H25BrN4/c1-16(2,3)15-18-13(17)10-14(19-15)21-9-8-20-7-5-4-6-12(20)11-21/h10,12H,4-9,11H2,1-3H3. The van der Waals surface area contributed by atoms with Crippen LogP contribution in [0, 0.1) is 0 Å². The number of aromatic nitrogens is 2. The van der Waals surface area contributed by atoms with Crippen LogP contribution in [-0.2, 0) is 5.41 Å². The maximum Gasteiger partial charge on any atom is 0.137 e. The van der Waals surface area contributed by atoms with Crippen molar-refractivity contribution < 1.29 is 0 Å². The summed E-state index contributed by atoms with van der Waals surface area (Å²) in [5, 5.41) is 0. The van der Waals surface area contributed by atoms with Crippen molar-refractivity contribution in [2.45, 2.75) is 51.5 Å². The number of hydrogen-bond acceptors (Lipinski definition) is 4. The normalized spacial score (nSPS) is 24.0. The summed E-state index contributed by atoms with van der Waals surface area (Å²) in [6, 6.07) is 2.77. The third-order valence-corrected chi connectivity index (χ3v) is 4.92. The molecule has 0 bridgehead atoms. The summed E-state index contributed by atoms with van der Waals surface area (Å²) in [4.78, 5) is 14.5. The Bertz CT molecular complexity index is 511. The van der Waals surface area contributed by atoms with E-state index in [0.29, 0.717) is 6.04 Å². The lowest BCUT2D eigenvalue weighted by Crippen LogP contribution is -2.55. The average Bonchev–Trinajstić information content (AvgIpc) is 2.45. The van der Waals surface area contributed by atoms with Crippen molar-refractivity contribution >= 4 is 21.7 Å². The van der Waals surface area contributed by atoms with Gasteiger partial charge in [-0.1, -0.05) is 27.2 Å². The van der Waals surface area contributed by atoms with E-state index in [1.54, 1.807) is 0 Å². The Hall–Kier alpha value is -0.680. The Balaban J connectivity index is 1.82. The van der Waals surface area contributed by atoms with Gasteiger partial charge in [0.1, 0.15) is 16.2 Å². The maximum absolute atomic E-state index is 4.83. The van der Waals surface area contributed by atoms with Crippen LogP contribution in [0.4, 0.5) is 5.82 Å². The van der Waals surface area contributed by atoms with Crippen molar-refractivity contribution in [3.63, 3.8) is 0 Å². The number of anilines is 1. The van der Waals surface area contributed by atoms with Crippen molar-refractivity contribution in [1.82, 2.24) is 14.9 Å². The fraction of sp³-hybridized carbons (Fsp3) is 0.750. The number of piperazine rings is 1. The molecule has 5 heteroatoms. The first-order chi connectivity index (χ1) is 9.93. The Kier molecular flexibility index (Phi) is 4.23.